The van der Waals surface area contributed by atoms with Gasteiger partial charge < -0.3 is 14.8 Å². The minimum Gasteiger partial charge on any atom is -0.345 e. The van der Waals surface area contributed by atoms with Crippen molar-refractivity contribution < 1.29 is 9.59 Å². The van der Waals surface area contributed by atoms with Crippen molar-refractivity contribution >= 4 is 11.8 Å². The molecule has 1 aromatic rings. The number of nitrogens with zero attached hydrogens (tertiary/aromatic N) is 3. The second-order valence-corrected chi connectivity index (χ2v) is 4.83. The van der Waals surface area contributed by atoms with Crippen LogP contribution in [0.2, 0.25) is 0 Å². The number of likely N-dealkylation sites (tertiary alicyclic amines) is 1. The largest absolute Gasteiger partial charge is 0.345 e. The number of aromatic nitrogens is 1. The standard InChI is InChI=1S/C14H16N4O3/c15-8-11-4-3-7-18(14(11)21)10-12(19)16-9-13(20)17-5-1-2-6-17/h3-4,7H,1-2,5-6,9-10H2,(H,16,19). The zero-order chi connectivity index (χ0) is 15.2. The maximum Gasteiger partial charge on any atom is 0.268 e. The van der Waals surface area contributed by atoms with Crippen molar-refractivity contribution in [2.75, 3.05) is 19.6 Å². The molecule has 1 aliphatic rings. The molecule has 1 aromatic heterocycles. The predicted molar refractivity (Wildman–Crippen MR) is 74.2 cm³/mol. The summed E-state index contributed by atoms with van der Waals surface area (Å²) >= 11 is 0. The van der Waals surface area contributed by atoms with E-state index in [1.54, 1.807) is 11.0 Å². The number of nitrogens with one attached hydrogen (secondary N) is 1. The van der Waals surface area contributed by atoms with Gasteiger partial charge in [0.2, 0.25) is 11.8 Å². The molecule has 0 bridgehead atoms. The van der Waals surface area contributed by atoms with E-state index in [1.165, 1.54) is 18.3 Å². The molecule has 2 heterocycles. The van der Waals surface area contributed by atoms with E-state index in [1.807, 2.05) is 0 Å². The van der Waals surface area contributed by atoms with Gasteiger partial charge >= 0.3 is 0 Å². The monoisotopic (exact) mass is 288 g/mol. The summed E-state index contributed by atoms with van der Waals surface area (Å²) < 4.78 is 1.15. The highest BCUT2D eigenvalue weighted by molar-refractivity contribution is 5.84. The molecule has 0 spiro atoms. The van der Waals surface area contributed by atoms with Crippen molar-refractivity contribution in [2.24, 2.45) is 0 Å². The zero-order valence-corrected chi connectivity index (χ0v) is 11.5. The quantitative estimate of drug-likeness (QED) is 0.804. The molecule has 110 valence electrons. The molecule has 0 aliphatic carbocycles. The normalized spacial score (nSPS) is 13.8. The van der Waals surface area contributed by atoms with Crippen LogP contribution in [0, 0.1) is 11.3 Å². The lowest BCUT2D eigenvalue weighted by molar-refractivity contribution is -0.132. The van der Waals surface area contributed by atoms with Crippen LogP contribution in [0.5, 0.6) is 0 Å². The summed E-state index contributed by atoms with van der Waals surface area (Å²) in [7, 11) is 0. The molecule has 0 radical (unpaired) electrons. The SMILES string of the molecule is N#Cc1cccn(CC(=O)NCC(=O)N2CCCC2)c1=O. The minimum atomic E-state index is -0.513. The molecular weight excluding hydrogens is 272 g/mol. The number of nitriles is 1. The second-order valence-electron chi connectivity index (χ2n) is 4.83. The third-order valence-electron chi connectivity index (χ3n) is 3.35. The minimum absolute atomic E-state index is 0.0153. The van der Waals surface area contributed by atoms with E-state index in [0.717, 1.165) is 30.5 Å². The molecular formula is C14H16N4O3. The van der Waals surface area contributed by atoms with Crippen molar-refractivity contribution in [3.63, 3.8) is 0 Å². The Balaban J connectivity index is 1.89. The number of rotatable bonds is 4. The van der Waals surface area contributed by atoms with Crippen LogP contribution in [0.3, 0.4) is 0 Å². The van der Waals surface area contributed by atoms with Crippen LogP contribution in [0.15, 0.2) is 23.1 Å². The highest BCUT2D eigenvalue weighted by Crippen LogP contribution is 2.06. The van der Waals surface area contributed by atoms with Gasteiger partial charge in [-0.1, -0.05) is 0 Å². The first kappa shape index (κ1) is 14.8. The topological polar surface area (TPSA) is 95.2 Å². The molecule has 1 aliphatic heterocycles. The van der Waals surface area contributed by atoms with Gasteiger partial charge in [-0.05, 0) is 25.0 Å². The first-order valence-corrected chi connectivity index (χ1v) is 6.76. The van der Waals surface area contributed by atoms with E-state index in [9.17, 15) is 14.4 Å². The van der Waals surface area contributed by atoms with E-state index in [0.29, 0.717) is 0 Å². The Labute approximate surface area is 121 Å². The summed E-state index contributed by atoms with van der Waals surface area (Å²) in [6.45, 7) is 1.20. The average molecular weight is 288 g/mol. The number of hydrogen-bond acceptors (Lipinski definition) is 4. The number of amides is 2. The van der Waals surface area contributed by atoms with Crippen molar-refractivity contribution in [1.82, 2.24) is 14.8 Å². The molecule has 2 rings (SSSR count). The summed E-state index contributed by atoms with van der Waals surface area (Å²) in [5, 5.41) is 11.3. The van der Waals surface area contributed by atoms with Crippen LogP contribution in [-0.2, 0) is 16.1 Å². The average Bonchev–Trinajstić information content (AvgIpc) is 3.01. The summed E-state index contributed by atoms with van der Waals surface area (Å²) in [5.74, 6) is -0.543. The molecule has 0 unspecified atom stereocenters. The van der Waals surface area contributed by atoms with Crippen molar-refractivity contribution in [2.45, 2.75) is 19.4 Å². The summed E-state index contributed by atoms with van der Waals surface area (Å²) in [5.41, 5.74) is -0.528. The van der Waals surface area contributed by atoms with Gasteiger partial charge in [0.05, 0.1) is 6.54 Å². The van der Waals surface area contributed by atoms with E-state index in [-0.39, 0.29) is 24.6 Å². The van der Waals surface area contributed by atoms with Crippen LogP contribution in [-0.4, -0.2) is 40.9 Å². The number of hydrogen-bond donors (Lipinski definition) is 1. The van der Waals surface area contributed by atoms with Gasteiger partial charge in [0, 0.05) is 19.3 Å². The van der Waals surface area contributed by atoms with Crippen LogP contribution in [0.25, 0.3) is 0 Å². The van der Waals surface area contributed by atoms with Crippen LogP contribution in [0.1, 0.15) is 18.4 Å². The lowest BCUT2D eigenvalue weighted by Gasteiger charge is -2.15. The maximum absolute atomic E-state index is 11.8. The summed E-state index contributed by atoms with van der Waals surface area (Å²) in [4.78, 5) is 37.0. The Morgan fingerprint density at radius 1 is 1.33 bits per heavy atom. The highest BCUT2D eigenvalue weighted by atomic mass is 16.2. The molecule has 1 fully saturated rings. The predicted octanol–water partition coefficient (Wildman–Crippen LogP) is -0.541. The lowest BCUT2D eigenvalue weighted by Crippen LogP contribution is -2.40. The van der Waals surface area contributed by atoms with Gasteiger partial charge in [-0.25, -0.2) is 0 Å². The Bertz CT molecular complexity index is 638. The van der Waals surface area contributed by atoms with Gasteiger partial charge in [-0.15, -0.1) is 0 Å². The smallest absolute Gasteiger partial charge is 0.268 e. The molecule has 0 atom stereocenters. The molecule has 0 saturated carbocycles. The molecule has 7 nitrogen and oxygen atoms in total. The lowest BCUT2D eigenvalue weighted by atomic mass is 10.3. The Hall–Kier alpha value is -2.62. The first-order valence-electron chi connectivity index (χ1n) is 6.76. The van der Waals surface area contributed by atoms with Gasteiger partial charge in [0.1, 0.15) is 18.2 Å². The molecule has 0 aromatic carbocycles. The molecule has 1 N–H and O–H groups in total. The van der Waals surface area contributed by atoms with Crippen LogP contribution >= 0.6 is 0 Å². The fourth-order valence-electron chi connectivity index (χ4n) is 2.21. The number of carbonyl (C=O) groups is 2. The molecule has 1 saturated heterocycles. The van der Waals surface area contributed by atoms with E-state index >= 15 is 0 Å². The maximum atomic E-state index is 11.8. The van der Waals surface area contributed by atoms with Gasteiger partial charge in [0.15, 0.2) is 0 Å². The second kappa shape index (κ2) is 6.70. The van der Waals surface area contributed by atoms with Crippen LogP contribution < -0.4 is 10.9 Å². The fourth-order valence-corrected chi connectivity index (χ4v) is 2.21. The summed E-state index contributed by atoms with van der Waals surface area (Å²) in [6, 6.07) is 4.70. The van der Waals surface area contributed by atoms with Gasteiger partial charge in [0.25, 0.3) is 5.56 Å². The molecule has 21 heavy (non-hydrogen) atoms. The fraction of sp³-hybridized carbons (Fsp3) is 0.429. The van der Waals surface area contributed by atoms with E-state index in [2.05, 4.69) is 5.32 Å². The van der Waals surface area contributed by atoms with Gasteiger partial charge in [-0.2, -0.15) is 5.26 Å². The van der Waals surface area contributed by atoms with Crippen molar-refractivity contribution in [3.8, 4) is 6.07 Å². The third-order valence-corrected chi connectivity index (χ3v) is 3.35. The number of carbonyl (C=O) groups excluding carboxylic acids is 2. The van der Waals surface area contributed by atoms with Crippen molar-refractivity contribution in [3.05, 3.63) is 34.2 Å². The van der Waals surface area contributed by atoms with Crippen LogP contribution in [0.4, 0.5) is 0 Å². The highest BCUT2D eigenvalue weighted by Gasteiger charge is 2.18. The Morgan fingerprint density at radius 3 is 2.71 bits per heavy atom. The Morgan fingerprint density at radius 2 is 2.05 bits per heavy atom. The zero-order valence-electron chi connectivity index (χ0n) is 11.5. The van der Waals surface area contributed by atoms with Crippen molar-refractivity contribution in [1.29, 1.82) is 5.26 Å². The Kier molecular flexibility index (Phi) is 4.72. The third kappa shape index (κ3) is 3.69. The number of pyridine rings is 1. The van der Waals surface area contributed by atoms with E-state index in [4.69, 9.17) is 5.26 Å². The van der Waals surface area contributed by atoms with Gasteiger partial charge in [-0.3, -0.25) is 14.4 Å². The molecule has 2 amide bonds. The summed E-state index contributed by atoms with van der Waals surface area (Å²) in [6.07, 6.45) is 3.43. The molecule has 7 heteroatoms. The van der Waals surface area contributed by atoms with E-state index < -0.39 is 11.5 Å². The first-order chi connectivity index (χ1) is 10.1.